The van der Waals surface area contributed by atoms with Crippen molar-refractivity contribution in [2.24, 2.45) is 5.73 Å². The van der Waals surface area contributed by atoms with Gasteiger partial charge in [-0.3, -0.25) is 9.89 Å². The van der Waals surface area contributed by atoms with Gasteiger partial charge in [0.1, 0.15) is 5.69 Å². The van der Waals surface area contributed by atoms with Crippen molar-refractivity contribution in [3.8, 4) is 0 Å². The lowest BCUT2D eigenvalue weighted by atomic mass is 9.90. The molecular weight excluding hydrogens is 290 g/mol. The first-order valence-electron chi connectivity index (χ1n) is 7.68. The fourth-order valence-electron chi connectivity index (χ4n) is 3.19. The second kappa shape index (κ2) is 5.48. The van der Waals surface area contributed by atoms with Crippen molar-refractivity contribution < 1.29 is 4.79 Å². The number of aromatic amines is 1. The molecule has 6 nitrogen and oxygen atoms in total. The van der Waals surface area contributed by atoms with Crippen LogP contribution >= 0.6 is 0 Å². The Bertz CT molecular complexity index is 872. The van der Waals surface area contributed by atoms with E-state index in [2.05, 4.69) is 21.2 Å². The molecule has 0 radical (unpaired) electrons. The fraction of sp³-hybridized carbons (Fsp3) is 0.235. The number of nitrogens with two attached hydrogens (primary N) is 1. The summed E-state index contributed by atoms with van der Waals surface area (Å²) in [5.41, 5.74) is 9.20. The van der Waals surface area contributed by atoms with Gasteiger partial charge in [0.2, 0.25) is 0 Å². The molecule has 0 bridgehead atoms. The van der Waals surface area contributed by atoms with Gasteiger partial charge in [0.25, 0.3) is 5.91 Å². The van der Waals surface area contributed by atoms with Crippen molar-refractivity contribution in [3.63, 3.8) is 0 Å². The number of benzene rings is 1. The van der Waals surface area contributed by atoms with Gasteiger partial charge in [0.15, 0.2) is 0 Å². The van der Waals surface area contributed by atoms with Crippen LogP contribution in [0.5, 0.6) is 0 Å². The lowest BCUT2D eigenvalue weighted by Gasteiger charge is -2.33. The maximum atomic E-state index is 12.9. The predicted molar refractivity (Wildman–Crippen MR) is 88.4 cm³/mol. The first-order valence-corrected chi connectivity index (χ1v) is 7.68. The molecule has 4 rings (SSSR count). The zero-order chi connectivity index (χ0) is 15.8. The van der Waals surface area contributed by atoms with E-state index in [1.165, 1.54) is 0 Å². The number of nitrogens with one attached hydrogen (secondary N) is 1. The molecule has 1 aliphatic heterocycles. The topological polar surface area (TPSA) is 87.9 Å². The van der Waals surface area contributed by atoms with Gasteiger partial charge in [-0.25, -0.2) is 4.98 Å². The van der Waals surface area contributed by atoms with Crippen LogP contribution in [0.1, 0.15) is 28.4 Å². The summed E-state index contributed by atoms with van der Waals surface area (Å²) in [6.45, 7) is 1.25. The van der Waals surface area contributed by atoms with E-state index in [-0.39, 0.29) is 5.91 Å². The van der Waals surface area contributed by atoms with Gasteiger partial charge < -0.3 is 10.6 Å². The van der Waals surface area contributed by atoms with E-state index in [1.807, 2.05) is 18.2 Å². The van der Waals surface area contributed by atoms with Gasteiger partial charge in [-0.05, 0) is 36.6 Å². The molecule has 3 N–H and O–H groups in total. The molecule has 2 aromatic heterocycles. The highest BCUT2D eigenvalue weighted by molar-refractivity contribution is 6.07. The van der Waals surface area contributed by atoms with E-state index in [0.29, 0.717) is 24.7 Å². The van der Waals surface area contributed by atoms with Crippen LogP contribution in [0.4, 0.5) is 5.69 Å². The zero-order valence-electron chi connectivity index (χ0n) is 12.6. The van der Waals surface area contributed by atoms with E-state index < -0.39 is 0 Å². The highest BCUT2D eigenvalue weighted by Crippen LogP contribution is 2.35. The summed E-state index contributed by atoms with van der Waals surface area (Å²) in [5.74, 6) is 0.218. The third kappa shape index (κ3) is 2.27. The summed E-state index contributed by atoms with van der Waals surface area (Å²) in [5, 5.41) is 7.69. The maximum Gasteiger partial charge on any atom is 0.276 e. The number of aromatic nitrogens is 3. The molecule has 0 aliphatic carbocycles. The van der Waals surface area contributed by atoms with Gasteiger partial charge in [0, 0.05) is 17.6 Å². The molecule has 1 atom stereocenters. The van der Waals surface area contributed by atoms with Crippen molar-refractivity contribution in [3.05, 3.63) is 54.0 Å². The van der Waals surface area contributed by atoms with E-state index in [0.717, 1.165) is 28.6 Å². The number of H-pyrrole nitrogens is 1. The van der Waals surface area contributed by atoms with Crippen molar-refractivity contribution >= 4 is 22.5 Å². The number of para-hydroxylation sites is 1. The standard InChI is InChI=1S/C17H17N5O/c18-8-11-5-6-22(16-4-2-1-3-13(11)16)17(23)14-7-12-9-20-21-15(12)10-19-14/h1-4,7,9-11H,5-6,8,18H2,(H,20,21). The number of hydrogen-bond donors (Lipinski definition) is 2. The molecule has 3 aromatic rings. The average molecular weight is 307 g/mol. The van der Waals surface area contributed by atoms with Crippen LogP contribution in [-0.2, 0) is 0 Å². The SMILES string of the molecule is NCC1CCN(C(=O)c2cc3cn[nH]c3cn2)c2ccccc21. The van der Waals surface area contributed by atoms with Crippen LogP contribution in [0, 0.1) is 0 Å². The first-order chi connectivity index (χ1) is 11.3. The van der Waals surface area contributed by atoms with E-state index in [9.17, 15) is 4.79 Å². The van der Waals surface area contributed by atoms with E-state index >= 15 is 0 Å². The second-order valence-corrected chi connectivity index (χ2v) is 5.76. The molecule has 0 saturated carbocycles. The van der Waals surface area contributed by atoms with Crippen molar-refractivity contribution in [1.82, 2.24) is 15.2 Å². The Hall–Kier alpha value is -2.73. The number of amides is 1. The molecule has 6 heteroatoms. The zero-order valence-corrected chi connectivity index (χ0v) is 12.6. The molecule has 0 saturated heterocycles. The van der Waals surface area contributed by atoms with Gasteiger partial charge in [-0.2, -0.15) is 5.10 Å². The highest BCUT2D eigenvalue weighted by atomic mass is 16.2. The molecule has 1 amide bonds. The summed E-state index contributed by atoms with van der Waals surface area (Å²) in [4.78, 5) is 19.0. The second-order valence-electron chi connectivity index (χ2n) is 5.76. The first kappa shape index (κ1) is 13.9. The quantitative estimate of drug-likeness (QED) is 0.758. The molecule has 116 valence electrons. The molecular formula is C17H17N5O. The highest BCUT2D eigenvalue weighted by Gasteiger charge is 2.28. The monoisotopic (exact) mass is 307 g/mol. The van der Waals surface area contributed by atoms with Crippen LogP contribution in [-0.4, -0.2) is 34.2 Å². The number of rotatable bonds is 2. The van der Waals surface area contributed by atoms with Crippen LogP contribution in [0.25, 0.3) is 10.9 Å². The minimum atomic E-state index is -0.0870. The molecule has 1 aromatic carbocycles. The Kier molecular flexibility index (Phi) is 3.31. The minimum Gasteiger partial charge on any atom is -0.330 e. The van der Waals surface area contributed by atoms with Gasteiger partial charge >= 0.3 is 0 Å². The summed E-state index contributed by atoms with van der Waals surface area (Å²) in [6, 6.07) is 9.75. The molecule has 23 heavy (non-hydrogen) atoms. The smallest absolute Gasteiger partial charge is 0.276 e. The van der Waals surface area contributed by atoms with Gasteiger partial charge in [-0.15, -0.1) is 0 Å². The maximum absolute atomic E-state index is 12.9. The third-order valence-electron chi connectivity index (χ3n) is 4.44. The Morgan fingerprint density at radius 1 is 1.35 bits per heavy atom. The van der Waals surface area contributed by atoms with E-state index in [4.69, 9.17) is 5.73 Å². The van der Waals surface area contributed by atoms with Crippen molar-refractivity contribution in [1.29, 1.82) is 0 Å². The Labute approximate surface area is 133 Å². The summed E-state index contributed by atoms with van der Waals surface area (Å²) >= 11 is 0. The number of carbonyl (C=O) groups excluding carboxylic acids is 1. The average Bonchev–Trinajstić information content (AvgIpc) is 3.08. The minimum absolute atomic E-state index is 0.0870. The Morgan fingerprint density at radius 2 is 2.22 bits per heavy atom. The number of anilines is 1. The fourth-order valence-corrected chi connectivity index (χ4v) is 3.19. The number of fused-ring (bicyclic) bond motifs is 2. The van der Waals surface area contributed by atoms with Crippen molar-refractivity contribution in [2.75, 3.05) is 18.0 Å². The number of nitrogens with zero attached hydrogens (tertiary/aromatic N) is 3. The van der Waals surface area contributed by atoms with Crippen LogP contribution in [0.2, 0.25) is 0 Å². The molecule has 0 spiro atoms. The largest absolute Gasteiger partial charge is 0.330 e. The summed E-state index contributed by atoms with van der Waals surface area (Å²) in [6.07, 6.45) is 4.21. The lowest BCUT2D eigenvalue weighted by Crippen LogP contribution is -2.38. The molecule has 0 fully saturated rings. The van der Waals surface area contributed by atoms with E-state index in [1.54, 1.807) is 23.4 Å². The van der Waals surface area contributed by atoms with Crippen LogP contribution < -0.4 is 10.6 Å². The Morgan fingerprint density at radius 3 is 3.09 bits per heavy atom. The van der Waals surface area contributed by atoms with Crippen LogP contribution in [0.15, 0.2) is 42.7 Å². The normalized spacial score (nSPS) is 17.3. The number of pyridine rings is 1. The predicted octanol–water partition coefficient (Wildman–Crippen LogP) is 2.05. The molecule has 1 aliphatic rings. The summed E-state index contributed by atoms with van der Waals surface area (Å²) < 4.78 is 0. The molecule has 3 heterocycles. The summed E-state index contributed by atoms with van der Waals surface area (Å²) in [7, 11) is 0. The van der Waals surface area contributed by atoms with Gasteiger partial charge in [0.05, 0.1) is 17.9 Å². The van der Waals surface area contributed by atoms with Gasteiger partial charge in [-0.1, -0.05) is 18.2 Å². The Balaban J connectivity index is 1.73. The third-order valence-corrected chi connectivity index (χ3v) is 4.44. The number of carbonyl (C=O) groups is 1. The lowest BCUT2D eigenvalue weighted by molar-refractivity contribution is 0.0979. The van der Waals surface area contributed by atoms with Crippen molar-refractivity contribution in [2.45, 2.75) is 12.3 Å². The van der Waals surface area contributed by atoms with Crippen LogP contribution in [0.3, 0.4) is 0 Å². The number of hydrogen-bond acceptors (Lipinski definition) is 4. The molecule has 1 unspecified atom stereocenters.